The summed E-state index contributed by atoms with van der Waals surface area (Å²) >= 11 is 1.57. The Balaban J connectivity index is 1.60. The third-order valence-corrected chi connectivity index (χ3v) is 6.44. The van der Waals surface area contributed by atoms with Crippen LogP contribution in [-0.4, -0.2) is 27.3 Å². The standard InChI is InChI=1S/C24H22N4O2S/c1-4-10-30-17-7-5-6-16(12-17)18-13-21(29)26-23-22(18)15(3)27-28(23)24-25-19-9-8-14(2)11-20(19)31-24/h4-9,11-12,18H,1,10,13H2,2-3H3,(H,26,29)/t18-/m1/s1. The number of benzene rings is 2. The topological polar surface area (TPSA) is 69.0 Å². The Hall–Kier alpha value is -3.45. The number of nitrogens with zero attached hydrogens (tertiary/aromatic N) is 3. The number of aromatic nitrogens is 3. The number of hydrogen-bond donors (Lipinski definition) is 1. The van der Waals surface area contributed by atoms with E-state index in [9.17, 15) is 4.79 Å². The Kier molecular flexibility index (Phi) is 4.82. The molecule has 1 aliphatic rings. The highest BCUT2D eigenvalue weighted by Crippen LogP contribution is 2.41. The van der Waals surface area contributed by atoms with Crippen LogP contribution in [0.4, 0.5) is 5.82 Å². The van der Waals surface area contributed by atoms with Gasteiger partial charge in [0.25, 0.3) is 0 Å². The lowest BCUT2D eigenvalue weighted by Crippen LogP contribution is -2.25. The number of thiazole rings is 1. The lowest BCUT2D eigenvalue weighted by Gasteiger charge is -2.24. The number of aryl methyl sites for hydroxylation is 2. The van der Waals surface area contributed by atoms with E-state index in [1.807, 2.05) is 37.3 Å². The zero-order valence-electron chi connectivity index (χ0n) is 17.4. The van der Waals surface area contributed by atoms with E-state index in [0.717, 1.165) is 37.9 Å². The lowest BCUT2D eigenvalue weighted by molar-refractivity contribution is -0.116. The average molecular weight is 431 g/mol. The van der Waals surface area contributed by atoms with Crippen molar-refractivity contribution in [1.29, 1.82) is 0 Å². The van der Waals surface area contributed by atoms with Gasteiger partial charge in [-0.2, -0.15) is 9.78 Å². The minimum absolute atomic E-state index is 0.0342. The van der Waals surface area contributed by atoms with Gasteiger partial charge < -0.3 is 10.1 Å². The largest absolute Gasteiger partial charge is 0.490 e. The number of amides is 1. The van der Waals surface area contributed by atoms with E-state index in [1.165, 1.54) is 5.56 Å². The summed E-state index contributed by atoms with van der Waals surface area (Å²) in [6.07, 6.45) is 2.08. The van der Waals surface area contributed by atoms with Crippen molar-refractivity contribution in [3.63, 3.8) is 0 Å². The van der Waals surface area contributed by atoms with Crippen LogP contribution in [0.15, 0.2) is 55.1 Å². The second kappa shape index (κ2) is 7.67. The van der Waals surface area contributed by atoms with Crippen molar-refractivity contribution in [3.05, 3.63) is 77.5 Å². The Labute approximate surface area is 184 Å². The molecule has 2 aromatic heterocycles. The summed E-state index contributed by atoms with van der Waals surface area (Å²) in [7, 11) is 0. The quantitative estimate of drug-likeness (QED) is 0.445. The van der Waals surface area contributed by atoms with Gasteiger partial charge in [-0.25, -0.2) is 4.98 Å². The molecule has 156 valence electrons. The fraction of sp³-hybridized carbons (Fsp3) is 0.208. The summed E-state index contributed by atoms with van der Waals surface area (Å²) in [5.41, 5.74) is 5.05. The van der Waals surface area contributed by atoms with Crippen molar-refractivity contribution in [3.8, 4) is 10.9 Å². The van der Waals surface area contributed by atoms with Gasteiger partial charge in [-0.1, -0.05) is 42.2 Å². The predicted octanol–water partition coefficient (Wildman–Crippen LogP) is 5.14. The van der Waals surface area contributed by atoms with E-state index in [-0.39, 0.29) is 11.8 Å². The molecular formula is C24H22N4O2S. The molecule has 4 aromatic rings. The van der Waals surface area contributed by atoms with Crippen LogP contribution in [0, 0.1) is 13.8 Å². The Morgan fingerprint density at radius 3 is 3.00 bits per heavy atom. The van der Waals surface area contributed by atoms with Crippen molar-refractivity contribution < 1.29 is 9.53 Å². The number of nitrogens with one attached hydrogen (secondary N) is 1. The predicted molar refractivity (Wildman–Crippen MR) is 123 cm³/mol. The molecule has 1 atom stereocenters. The van der Waals surface area contributed by atoms with Crippen LogP contribution in [0.1, 0.15) is 34.7 Å². The van der Waals surface area contributed by atoms with E-state index in [2.05, 4.69) is 31.0 Å². The Bertz CT molecular complexity index is 1320. The van der Waals surface area contributed by atoms with E-state index in [1.54, 1.807) is 22.1 Å². The van der Waals surface area contributed by atoms with Gasteiger partial charge in [0.15, 0.2) is 0 Å². The van der Waals surface area contributed by atoms with Crippen LogP contribution in [0.2, 0.25) is 0 Å². The van der Waals surface area contributed by atoms with Crippen molar-refractivity contribution >= 4 is 33.3 Å². The molecule has 3 heterocycles. The summed E-state index contributed by atoms with van der Waals surface area (Å²) in [6, 6.07) is 14.1. The van der Waals surface area contributed by atoms with Crippen LogP contribution in [-0.2, 0) is 4.79 Å². The molecule has 2 aromatic carbocycles. The molecule has 1 aliphatic heterocycles. The van der Waals surface area contributed by atoms with Crippen molar-refractivity contribution in [2.24, 2.45) is 0 Å². The summed E-state index contributed by atoms with van der Waals surface area (Å²) in [5.74, 6) is 1.33. The second-order valence-electron chi connectivity index (χ2n) is 7.70. The molecule has 1 amide bonds. The summed E-state index contributed by atoms with van der Waals surface area (Å²) in [5, 5.41) is 8.55. The van der Waals surface area contributed by atoms with Crippen LogP contribution in [0.5, 0.6) is 5.75 Å². The molecule has 0 bridgehead atoms. The fourth-order valence-corrected chi connectivity index (χ4v) is 5.08. The van der Waals surface area contributed by atoms with Gasteiger partial charge in [0.1, 0.15) is 18.2 Å². The maximum Gasteiger partial charge on any atom is 0.226 e. The molecule has 1 N–H and O–H groups in total. The Morgan fingerprint density at radius 2 is 2.16 bits per heavy atom. The second-order valence-corrected chi connectivity index (χ2v) is 8.71. The van der Waals surface area contributed by atoms with Crippen LogP contribution >= 0.6 is 11.3 Å². The number of hydrogen-bond acceptors (Lipinski definition) is 5. The molecular weight excluding hydrogens is 408 g/mol. The minimum atomic E-state index is -0.0959. The maximum atomic E-state index is 12.7. The molecule has 5 rings (SSSR count). The van der Waals surface area contributed by atoms with Crippen LogP contribution < -0.4 is 10.1 Å². The third-order valence-electron chi connectivity index (χ3n) is 5.44. The molecule has 31 heavy (non-hydrogen) atoms. The molecule has 0 unspecified atom stereocenters. The summed E-state index contributed by atoms with van der Waals surface area (Å²) < 4.78 is 8.57. The van der Waals surface area contributed by atoms with Crippen LogP contribution in [0.3, 0.4) is 0 Å². The van der Waals surface area contributed by atoms with Crippen molar-refractivity contribution in [2.45, 2.75) is 26.2 Å². The van der Waals surface area contributed by atoms with E-state index in [0.29, 0.717) is 18.8 Å². The monoisotopic (exact) mass is 430 g/mol. The van der Waals surface area contributed by atoms with E-state index < -0.39 is 0 Å². The maximum absolute atomic E-state index is 12.7. The van der Waals surface area contributed by atoms with E-state index >= 15 is 0 Å². The highest BCUT2D eigenvalue weighted by atomic mass is 32.1. The summed E-state index contributed by atoms with van der Waals surface area (Å²) in [6.45, 7) is 8.18. The first-order valence-corrected chi connectivity index (χ1v) is 11.0. The molecule has 0 spiro atoms. The first kappa shape index (κ1) is 19.5. The van der Waals surface area contributed by atoms with Gasteiger partial charge in [0.2, 0.25) is 11.0 Å². The Morgan fingerprint density at radius 1 is 1.29 bits per heavy atom. The number of rotatable bonds is 5. The molecule has 0 saturated heterocycles. The molecule has 7 heteroatoms. The summed E-state index contributed by atoms with van der Waals surface area (Å²) in [4.78, 5) is 17.4. The zero-order chi connectivity index (χ0) is 21.5. The highest BCUT2D eigenvalue weighted by Gasteiger charge is 2.33. The van der Waals surface area contributed by atoms with Gasteiger partial charge in [-0.3, -0.25) is 4.79 Å². The fourth-order valence-electron chi connectivity index (χ4n) is 4.06. The number of carbonyl (C=O) groups excluding carboxylic acids is 1. The molecule has 0 aliphatic carbocycles. The lowest BCUT2D eigenvalue weighted by atomic mass is 9.86. The van der Waals surface area contributed by atoms with Gasteiger partial charge in [-0.15, -0.1) is 0 Å². The average Bonchev–Trinajstić information content (AvgIpc) is 3.32. The number of carbonyl (C=O) groups is 1. The molecule has 0 fully saturated rings. The van der Waals surface area contributed by atoms with Gasteiger partial charge in [-0.05, 0) is 49.2 Å². The number of ether oxygens (including phenoxy) is 1. The van der Waals surface area contributed by atoms with E-state index in [4.69, 9.17) is 14.8 Å². The van der Waals surface area contributed by atoms with Crippen LogP contribution in [0.25, 0.3) is 15.3 Å². The highest BCUT2D eigenvalue weighted by molar-refractivity contribution is 7.20. The third kappa shape index (κ3) is 3.51. The smallest absolute Gasteiger partial charge is 0.226 e. The first-order valence-electron chi connectivity index (χ1n) is 10.1. The zero-order valence-corrected chi connectivity index (χ0v) is 18.2. The molecule has 6 nitrogen and oxygen atoms in total. The molecule has 0 radical (unpaired) electrons. The SMILES string of the molecule is C=CCOc1cccc([C@H]2CC(=O)Nc3c2c(C)nn3-c2nc3ccc(C)cc3s2)c1. The minimum Gasteiger partial charge on any atom is -0.490 e. The number of fused-ring (bicyclic) bond motifs is 2. The van der Waals surface area contributed by atoms with Gasteiger partial charge >= 0.3 is 0 Å². The number of anilines is 1. The van der Waals surface area contributed by atoms with Crippen molar-refractivity contribution in [1.82, 2.24) is 14.8 Å². The normalized spacial score (nSPS) is 15.5. The van der Waals surface area contributed by atoms with Gasteiger partial charge in [0, 0.05) is 17.9 Å². The molecule has 0 saturated carbocycles. The van der Waals surface area contributed by atoms with Crippen molar-refractivity contribution in [2.75, 3.05) is 11.9 Å². The first-order chi connectivity index (χ1) is 15.0. The van der Waals surface area contributed by atoms with Gasteiger partial charge in [0.05, 0.1) is 15.9 Å².